The molecule has 7 rings (SSSR count). The summed E-state index contributed by atoms with van der Waals surface area (Å²) >= 11 is 0. The Balaban J connectivity index is 1.12. The molecule has 40 heavy (non-hydrogen) atoms. The maximum atomic E-state index is 13.9. The van der Waals surface area contributed by atoms with Crippen LogP contribution in [0.15, 0.2) is 66.9 Å². The first kappa shape index (κ1) is 24.6. The van der Waals surface area contributed by atoms with E-state index in [0.29, 0.717) is 44.5 Å². The molecule has 0 saturated carbocycles. The molecule has 1 saturated heterocycles. The topological polar surface area (TPSA) is 98.4 Å². The van der Waals surface area contributed by atoms with E-state index in [9.17, 15) is 14.4 Å². The van der Waals surface area contributed by atoms with Crippen molar-refractivity contribution in [3.8, 4) is 0 Å². The molecular formula is C32H31N5O3. The third kappa shape index (κ3) is 3.89. The van der Waals surface area contributed by atoms with E-state index >= 15 is 0 Å². The van der Waals surface area contributed by atoms with Crippen molar-refractivity contribution in [1.82, 2.24) is 20.0 Å². The number of amides is 3. The molecule has 3 aromatic carbocycles. The number of aryl methyl sites for hydroxylation is 1. The van der Waals surface area contributed by atoms with E-state index in [1.165, 1.54) is 5.56 Å². The van der Waals surface area contributed by atoms with E-state index in [1.54, 1.807) is 6.20 Å². The molecule has 3 aliphatic rings. The van der Waals surface area contributed by atoms with E-state index in [1.807, 2.05) is 65.3 Å². The van der Waals surface area contributed by atoms with Gasteiger partial charge in [-0.3, -0.25) is 19.5 Å². The fourth-order valence-corrected chi connectivity index (χ4v) is 6.87. The maximum Gasteiger partial charge on any atom is 0.254 e. The number of H-pyrrole nitrogens is 1. The van der Waals surface area contributed by atoms with E-state index in [2.05, 4.69) is 27.6 Å². The first-order valence-electron chi connectivity index (χ1n) is 13.9. The first-order valence-corrected chi connectivity index (χ1v) is 13.9. The fraction of sp³-hybridized carbons (Fsp3) is 0.312. The van der Waals surface area contributed by atoms with Gasteiger partial charge in [-0.15, -0.1) is 0 Å². The lowest BCUT2D eigenvalue weighted by Crippen LogP contribution is -2.51. The molecule has 3 amide bonds. The number of benzene rings is 3. The molecule has 2 N–H and O–H groups in total. The van der Waals surface area contributed by atoms with Gasteiger partial charge in [0.05, 0.1) is 17.1 Å². The number of carbonyl (C=O) groups is 3. The Kier molecular flexibility index (Phi) is 5.73. The normalized spacial score (nSPS) is 19.4. The van der Waals surface area contributed by atoms with Gasteiger partial charge in [0, 0.05) is 48.7 Å². The van der Waals surface area contributed by atoms with Gasteiger partial charge in [0.25, 0.3) is 5.91 Å². The van der Waals surface area contributed by atoms with Gasteiger partial charge in [0.15, 0.2) is 0 Å². The molecule has 1 spiro atoms. The van der Waals surface area contributed by atoms with Crippen LogP contribution in [0, 0.1) is 6.92 Å². The molecule has 0 bridgehead atoms. The van der Waals surface area contributed by atoms with Crippen LogP contribution < -0.4 is 5.32 Å². The van der Waals surface area contributed by atoms with Crippen LogP contribution in [0.25, 0.3) is 10.9 Å². The minimum absolute atomic E-state index is 0.0326. The lowest BCUT2D eigenvalue weighted by atomic mass is 9.73. The highest BCUT2D eigenvalue weighted by Crippen LogP contribution is 2.45. The zero-order valence-corrected chi connectivity index (χ0v) is 22.4. The Morgan fingerprint density at radius 3 is 2.60 bits per heavy atom. The molecule has 1 fully saturated rings. The van der Waals surface area contributed by atoms with Crippen molar-refractivity contribution < 1.29 is 14.4 Å². The summed E-state index contributed by atoms with van der Waals surface area (Å²) in [5.41, 5.74) is 6.15. The van der Waals surface area contributed by atoms with Crippen LogP contribution in [0.3, 0.4) is 0 Å². The number of rotatable bonds is 3. The van der Waals surface area contributed by atoms with Crippen molar-refractivity contribution in [3.63, 3.8) is 0 Å². The van der Waals surface area contributed by atoms with Crippen LogP contribution in [0.4, 0.5) is 5.69 Å². The Labute approximate surface area is 232 Å². The number of hydrogen-bond donors (Lipinski definition) is 2. The van der Waals surface area contributed by atoms with Gasteiger partial charge in [-0.1, -0.05) is 42.5 Å². The third-order valence-corrected chi connectivity index (χ3v) is 9.11. The summed E-state index contributed by atoms with van der Waals surface area (Å²) in [5.74, 6) is -0.00753. The Morgan fingerprint density at radius 1 is 1.02 bits per heavy atom. The van der Waals surface area contributed by atoms with E-state index < -0.39 is 5.41 Å². The van der Waals surface area contributed by atoms with Gasteiger partial charge >= 0.3 is 0 Å². The number of aromatic nitrogens is 2. The zero-order chi connectivity index (χ0) is 27.4. The van der Waals surface area contributed by atoms with Crippen molar-refractivity contribution >= 4 is 34.3 Å². The summed E-state index contributed by atoms with van der Waals surface area (Å²) in [5, 5.41) is 11.1. The summed E-state index contributed by atoms with van der Waals surface area (Å²) in [6.07, 6.45) is 3.82. The molecular weight excluding hydrogens is 502 g/mol. The highest BCUT2D eigenvalue weighted by molar-refractivity contribution is 6.06. The highest BCUT2D eigenvalue weighted by atomic mass is 16.2. The molecule has 8 nitrogen and oxygen atoms in total. The highest BCUT2D eigenvalue weighted by Gasteiger charge is 2.49. The van der Waals surface area contributed by atoms with Crippen LogP contribution in [-0.2, 0) is 28.0 Å². The van der Waals surface area contributed by atoms with Crippen LogP contribution in [0.5, 0.6) is 0 Å². The molecule has 3 aliphatic heterocycles. The second-order valence-electron chi connectivity index (χ2n) is 11.4. The number of nitrogens with one attached hydrogen (secondary N) is 2. The van der Waals surface area contributed by atoms with Gasteiger partial charge < -0.3 is 15.1 Å². The summed E-state index contributed by atoms with van der Waals surface area (Å²) < 4.78 is 0. The number of fused-ring (bicyclic) bond motifs is 4. The average Bonchev–Trinajstić information content (AvgIpc) is 3.56. The average molecular weight is 534 g/mol. The SMILES string of the molecule is Cc1cc(C(=O)N2Cc3ccccc3C[C@@H]2CC(=O)N2CCC3(CC2)C(=O)Nc2ccccc23)cc2cn[nH]c12. The summed E-state index contributed by atoms with van der Waals surface area (Å²) in [6, 6.07) is 19.6. The van der Waals surface area contributed by atoms with Crippen molar-refractivity contribution in [3.05, 3.63) is 94.7 Å². The molecule has 0 radical (unpaired) electrons. The van der Waals surface area contributed by atoms with Crippen molar-refractivity contribution in [2.24, 2.45) is 0 Å². The lowest BCUT2D eigenvalue weighted by molar-refractivity contribution is -0.136. The van der Waals surface area contributed by atoms with E-state index in [0.717, 1.165) is 33.3 Å². The van der Waals surface area contributed by atoms with E-state index in [4.69, 9.17) is 0 Å². The van der Waals surface area contributed by atoms with Gasteiger partial charge in [0.2, 0.25) is 11.8 Å². The Hall–Kier alpha value is -4.46. The molecule has 1 aromatic heterocycles. The minimum Gasteiger partial charge on any atom is -0.343 e. The number of para-hydroxylation sites is 1. The maximum absolute atomic E-state index is 13.9. The largest absolute Gasteiger partial charge is 0.343 e. The van der Waals surface area contributed by atoms with Crippen LogP contribution >= 0.6 is 0 Å². The van der Waals surface area contributed by atoms with Gasteiger partial charge in [-0.05, 0) is 66.6 Å². The molecule has 202 valence electrons. The standard InChI is InChI=1S/C32H31N5O3/c1-20-14-23(15-24-18-33-35-29(20)24)30(39)37-19-22-7-3-2-6-21(22)16-25(37)17-28(38)36-12-10-32(11-13-36)26-8-4-5-9-27(26)34-31(32)40/h2-9,14-15,18,25H,10-13,16-17,19H2,1H3,(H,33,35)(H,34,40)/t25-/m1/s1. The Morgan fingerprint density at radius 2 is 1.77 bits per heavy atom. The van der Waals surface area contributed by atoms with Crippen molar-refractivity contribution in [2.45, 2.75) is 50.6 Å². The number of aromatic amines is 1. The van der Waals surface area contributed by atoms with Gasteiger partial charge in [-0.2, -0.15) is 5.10 Å². The van der Waals surface area contributed by atoms with Gasteiger partial charge in [0.1, 0.15) is 0 Å². The second-order valence-corrected chi connectivity index (χ2v) is 11.4. The summed E-state index contributed by atoms with van der Waals surface area (Å²) in [6.45, 7) is 3.48. The summed E-state index contributed by atoms with van der Waals surface area (Å²) in [7, 11) is 0. The number of piperidine rings is 1. The second kappa shape index (κ2) is 9.33. The lowest BCUT2D eigenvalue weighted by Gasteiger charge is -2.40. The van der Waals surface area contributed by atoms with Crippen LogP contribution in [-0.4, -0.2) is 56.9 Å². The third-order valence-electron chi connectivity index (χ3n) is 9.11. The minimum atomic E-state index is -0.567. The zero-order valence-electron chi connectivity index (χ0n) is 22.4. The van der Waals surface area contributed by atoms with E-state index in [-0.39, 0.29) is 30.2 Å². The molecule has 0 unspecified atom stereocenters. The van der Waals surface area contributed by atoms with Gasteiger partial charge in [-0.25, -0.2) is 0 Å². The van der Waals surface area contributed by atoms with Crippen LogP contribution in [0.2, 0.25) is 0 Å². The molecule has 4 aromatic rings. The quantitative estimate of drug-likeness (QED) is 0.409. The fourth-order valence-electron chi connectivity index (χ4n) is 6.87. The first-order chi connectivity index (χ1) is 19.4. The van der Waals surface area contributed by atoms with Crippen LogP contribution in [0.1, 0.15) is 51.9 Å². The predicted octanol–water partition coefficient (Wildman–Crippen LogP) is 4.34. The number of nitrogens with zero attached hydrogens (tertiary/aromatic N) is 3. The predicted molar refractivity (Wildman–Crippen MR) is 152 cm³/mol. The number of likely N-dealkylation sites (tertiary alicyclic amines) is 1. The number of anilines is 1. The smallest absolute Gasteiger partial charge is 0.254 e. The van der Waals surface area contributed by atoms with Crippen molar-refractivity contribution in [2.75, 3.05) is 18.4 Å². The summed E-state index contributed by atoms with van der Waals surface area (Å²) in [4.78, 5) is 44.4. The monoisotopic (exact) mass is 533 g/mol. The Bertz CT molecular complexity index is 1670. The molecule has 8 heteroatoms. The molecule has 0 aliphatic carbocycles. The molecule has 1 atom stereocenters. The van der Waals surface area contributed by atoms with Crippen molar-refractivity contribution in [1.29, 1.82) is 0 Å². The number of carbonyl (C=O) groups excluding carboxylic acids is 3. The number of hydrogen-bond acceptors (Lipinski definition) is 4. The molecule has 4 heterocycles.